The maximum atomic E-state index is 13.5. The third-order valence-corrected chi connectivity index (χ3v) is 3.73. The molecule has 1 heterocycles. The van der Waals surface area contributed by atoms with Crippen LogP contribution in [0.3, 0.4) is 0 Å². The molecular weight excluding hydrogens is 245 g/mol. The smallest absolute Gasteiger partial charge is 0.301 e. The highest BCUT2D eigenvalue weighted by Crippen LogP contribution is 2.45. The average Bonchev–Trinajstić information content (AvgIpc) is 2.39. The van der Waals surface area contributed by atoms with Gasteiger partial charge < -0.3 is 9.84 Å². The molecule has 0 bridgehead atoms. The second kappa shape index (κ2) is 5.34. The van der Waals surface area contributed by atoms with E-state index in [1.165, 1.54) is 0 Å². The fourth-order valence-electron chi connectivity index (χ4n) is 2.78. The van der Waals surface area contributed by atoms with Gasteiger partial charge in [0.25, 0.3) is 0 Å². The number of halogens is 3. The molecule has 102 valence electrons. The molecule has 0 saturated heterocycles. The van der Waals surface area contributed by atoms with Gasteiger partial charge in [0, 0.05) is 0 Å². The molecule has 18 heavy (non-hydrogen) atoms. The van der Waals surface area contributed by atoms with Crippen molar-refractivity contribution in [3.63, 3.8) is 0 Å². The number of hydrogen-bond acceptors (Lipinski definition) is 2. The first-order chi connectivity index (χ1) is 8.55. The van der Waals surface area contributed by atoms with E-state index >= 15 is 0 Å². The molecule has 2 nitrogen and oxygen atoms in total. The lowest BCUT2D eigenvalue weighted by molar-refractivity contribution is -0.0593. The molecule has 0 aromatic rings. The highest BCUT2D eigenvalue weighted by atomic mass is 19.3. The van der Waals surface area contributed by atoms with Gasteiger partial charge in [0.1, 0.15) is 11.4 Å². The number of allylic oxidation sites excluding steroid dienone is 1. The first-order valence-corrected chi connectivity index (χ1v) is 6.32. The number of rotatable bonds is 2. The predicted molar refractivity (Wildman–Crippen MR) is 60.5 cm³/mol. The molecule has 0 amide bonds. The van der Waals surface area contributed by atoms with Gasteiger partial charge in [-0.2, -0.15) is 8.78 Å². The van der Waals surface area contributed by atoms with Crippen molar-refractivity contribution in [1.82, 2.24) is 0 Å². The minimum Gasteiger partial charge on any atom is -0.495 e. The Labute approximate surface area is 104 Å². The molecule has 1 fully saturated rings. The summed E-state index contributed by atoms with van der Waals surface area (Å²) in [5.41, 5.74) is -1.60. The number of hydrogen-bond donors (Lipinski definition) is 1. The standard InChI is InChI=1S/C13H17F3O2/c14-11(12(15)16)9-5-1-3-7-13(9,17)10-6-2-4-8-18-10/h6,9,17H,1-5,7-8H2. The summed E-state index contributed by atoms with van der Waals surface area (Å²) in [5.74, 6) is -2.40. The van der Waals surface area contributed by atoms with E-state index in [2.05, 4.69) is 0 Å². The van der Waals surface area contributed by atoms with E-state index in [1.54, 1.807) is 6.08 Å². The summed E-state index contributed by atoms with van der Waals surface area (Å²) in [4.78, 5) is 0. The summed E-state index contributed by atoms with van der Waals surface area (Å²) in [6.45, 7) is 0.449. The van der Waals surface area contributed by atoms with Crippen LogP contribution in [0.15, 0.2) is 23.7 Å². The fraction of sp³-hybridized carbons (Fsp3) is 0.692. The first kappa shape index (κ1) is 13.5. The Bertz CT molecular complexity index is 374. The molecule has 1 N–H and O–H groups in total. The van der Waals surface area contributed by atoms with Gasteiger partial charge in [0.05, 0.1) is 12.5 Å². The lowest BCUT2D eigenvalue weighted by Gasteiger charge is -2.41. The van der Waals surface area contributed by atoms with Crippen molar-refractivity contribution in [1.29, 1.82) is 0 Å². The van der Waals surface area contributed by atoms with Crippen LogP contribution in [-0.4, -0.2) is 17.3 Å². The van der Waals surface area contributed by atoms with Gasteiger partial charge in [-0.1, -0.05) is 12.8 Å². The van der Waals surface area contributed by atoms with E-state index < -0.39 is 23.4 Å². The van der Waals surface area contributed by atoms with Crippen molar-refractivity contribution in [2.24, 2.45) is 5.92 Å². The third-order valence-electron chi connectivity index (χ3n) is 3.73. The van der Waals surface area contributed by atoms with Crippen LogP contribution in [0.1, 0.15) is 38.5 Å². The van der Waals surface area contributed by atoms with Crippen molar-refractivity contribution >= 4 is 0 Å². The van der Waals surface area contributed by atoms with E-state index in [0.717, 1.165) is 12.8 Å². The largest absolute Gasteiger partial charge is 0.495 e. The molecule has 5 heteroatoms. The Balaban J connectivity index is 2.31. The molecule has 1 saturated carbocycles. The Morgan fingerprint density at radius 3 is 2.67 bits per heavy atom. The maximum absolute atomic E-state index is 13.5. The second-order valence-corrected chi connectivity index (χ2v) is 4.89. The average molecular weight is 262 g/mol. The Hall–Kier alpha value is -0.970. The molecular formula is C13H17F3O2. The van der Waals surface area contributed by atoms with Crippen molar-refractivity contribution in [2.75, 3.05) is 6.61 Å². The van der Waals surface area contributed by atoms with Gasteiger partial charge in [-0.05, 0) is 31.8 Å². The molecule has 2 rings (SSSR count). The highest BCUT2D eigenvalue weighted by Gasteiger charge is 2.47. The zero-order valence-corrected chi connectivity index (χ0v) is 10.1. The molecule has 2 aliphatic rings. The molecule has 1 aliphatic heterocycles. The zero-order valence-electron chi connectivity index (χ0n) is 10.1. The van der Waals surface area contributed by atoms with E-state index in [4.69, 9.17) is 4.74 Å². The van der Waals surface area contributed by atoms with Gasteiger partial charge in [-0.3, -0.25) is 0 Å². The lowest BCUT2D eigenvalue weighted by atomic mass is 9.73. The minimum atomic E-state index is -2.34. The van der Waals surface area contributed by atoms with Gasteiger partial charge in [-0.15, -0.1) is 0 Å². The van der Waals surface area contributed by atoms with Crippen molar-refractivity contribution < 1.29 is 23.0 Å². The van der Waals surface area contributed by atoms with Crippen LogP contribution >= 0.6 is 0 Å². The summed E-state index contributed by atoms with van der Waals surface area (Å²) >= 11 is 0. The first-order valence-electron chi connectivity index (χ1n) is 6.32. The van der Waals surface area contributed by atoms with Crippen molar-refractivity contribution in [2.45, 2.75) is 44.1 Å². The minimum absolute atomic E-state index is 0.223. The SMILES string of the molecule is OC1(C2=CCCCO2)CCCCC1C(F)=C(F)F. The summed E-state index contributed by atoms with van der Waals surface area (Å²) in [6.07, 6.45) is 2.75. The molecule has 0 radical (unpaired) electrons. The predicted octanol–water partition coefficient (Wildman–Crippen LogP) is 3.68. The van der Waals surface area contributed by atoms with Crippen LogP contribution in [-0.2, 0) is 4.74 Å². The Morgan fingerprint density at radius 1 is 1.28 bits per heavy atom. The van der Waals surface area contributed by atoms with Crippen LogP contribution in [0.25, 0.3) is 0 Å². The summed E-state index contributed by atoms with van der Waals surface area (Å²) in [6, 6.07) is 0. The number of ether oxygens (including phenoxy) is 1. The monoisotopic (exact) mass is 262 g/mol. The van der Waals surface area contributed by atoms with Gasteiger partial charge >= 0.3 is 6.08 Å². The van der Waals surface area contributed by atoms with Crippen LogP contribution in [0.5, 0.6) is 0 Å². The Kier molecular flexibility index (Phi) is 4.00. The molecule has 2 atom stereocenters. The summed E-state index contributed by atoms with van der Waals surface area (Å²) in [7, 11) is 0. The van der Waals surface area contributed by atoms with Crippen LogP contribution in [0.4, 0.5) is 13.2 Å². The molecule has 0 spiro atoms. The molecule has 0 aromatic carbocycles. The zero-order chi connectivity index (χ0) is 13.2. The summed E-state index contributed by atoms with van der Waals surface area (Å²) in [5, 5.41) is 10.6. The van der Waals surface area contributed by atoms with Crippen molar-refractivity contribution in [3.05, 3.63) is 23.7 Å². The topological polar surface area (TPSA) is 29.5 Å². The summed E-state index contributed by atoms with van der Waals surface area (Å²) < 4.78 is 43.8. The third kappa shape index (κ3) is 2.41. The van der Waals surface area contributed by atoms with Gasteiger partial charge in [0.2, 0.25) is 0 Å². The Morgan fingerprint density at radius 2 is 2.06 bits per heavy atom. The van der Waals surface area contributed by atoms with Crippen molar-refractivity contribution in [3.8, 4) is 0 Å². The quantitative estimate of drug-likeness (QED) is 0.822. The van der Waals surface area contributed by atoms with E-state index in [1.807, 2.05) is 0 Å². The van der Waals surface area contributed by atoms with Crippen LogP contribution in [0.2, 0.25) is 0 Å². The van der Waals surface area contributed by atoms with Crippen LogP contribution < -0.4 is 0 Å². The number of aliphatic hydroxyl groups is 1. The van der Waals surface area contributed by atoms with E-state index in [-0.39, 0.29) is 18.6 Å². The van der Waals surface area contributed by atoms with Gasteiger partial charge in [0.15, 0.2) is 5.83 Å². The molecule has 1 aliphatic carbocycles. The normalized spacial score (nSPS) is 32.4. The molecule has 2 unspecified atom stereocenters. The van der Waals surface area contributed by atoms with Crippen LogP contribution in [0, 0.1) is 5.92 Å². The maximum Gasteiger partial charge on any atom is 0.301 e. The second-order valence-electron chi connectivity index (χ2n) is 4.89. The van der Waals surface area contributed by atoms with Gasteiger partial charge in [-0.25, -0.2) is 4.39 Å². The highest BCUT2D eigenvalue weighted by molar-refractivity contribution is 5.21. The van der Waals surface area contributed by atoms with E-state index in [9.17, 15) is 18.3 Å². The van der Waals surface area contributed by atoms with E-state index in [0.29, 0.717) is 19.4 Å². The fourth-order valence-corrected chi connectivity index (χ4v) is 2.78. The lowest BCUT2D eigenvalue weighted by Crippen LogP contribution is -2.44. The molecule has 0 aromatic heterocycles.